The fourth-order valence-electron chi connectivity index (χ4n) is 2.26. The van der Waals surface area contributed by atoms with Gasteiger partial charge in [-0.05, 0) is 40.8 Å². The number of carbonyl (C=O) groups excluding carboxylic acids is 1. The normalized spacial score (nSPS) is 11.0. The summed E-state index contributed by atoms with van der Waals surface area (Å²) >= 11 is 0. The standard InChI is InChI=1S/C20H24N2O2/c1-14(22-24-5)15-6-8-16(9-7-15)19(23)21-18-12-10-17(11-13-18)20(2,3)4/h6-13,22H,1H2,2-5H3,(H,21,23). The molecule has 0 bridgehead atoms. The van der Waals surface area contributed by atoms with E-state index in [1.165, 1.54) is 12.7 Å². The lowest BCUT2D eigenvalue weighted by atomic mass is 9.87. The van der Waals surface area contributed by atoms with E-state index in [1.807, 2.05) is 36.4 Å². The Kier molecular flexibility index (Phi) is 5.42. The third-order valence-corrected chi connectivity index (χ3v) is 3.73. The fourth-order valence-corrected chi connectivity index (χ4v) is 2.26. The van der Waals surface area contributed by atoms with Crippen LogP contribution >= 0.6 is 0 Å². The molecule has 2 aromatic rings. The molecule has 4 nitrogen and oxygen atoms in total. The molecule has 0 fully saturated rings. The molecule has 2 N–H and O–H groups in total. The molecule has 0 heterocycles. The minimum Gasteiger partial charge on any atom is -0.322 e. The second-order valence-corrected chi connectivity index (χ2v) is 6.64. The zero-order valence-corrected chi connectivity index (χ0v) is 14.6. The average molecular weight is 324 g/mol. The van der Waals surface area contributed by atoms with E-state index in [2.05, 4.69) is 38.1 Å². The molecule has 24 heavy (non-hydrogen) atoms. The SMILES string of the molecule is C=C(NOC)c1ccc(C(=O)Nc2ccc(C(C)(C)C)cc2)cc1. The van der Waals surface area contributed by atoms with Gasteiger partial charge in [0.1, 0.15) is 0 Å². The summed E-state index contributed by atoms with van der Waals surface area (Å²) in [6, 6.07) is 15.1. The van der Waals surface area contributed by atoms with Gasteiger partial charge < -0.3 is 5.32 Å². The van der Waals surface area contributed by atoms with E-state index in [0.29, 0.717) is 11.3 Å². The van der Waals surface area contributed by atoms with Crippen molar-refractivity contribution >= 4 is 17.3 Å². The monoisotopic (exact) mass is 324 g/mol. The van der Waals surface area contributed by atoms with Crippen molar-refractivity contribution in [2.75, 3.05) is 12.4 Å². The van der Waals surface area contributed by atoms with Gasteiger partial charge in [-0.15, -0.1) is 0 Å². The maximum absolute atomic E-state index is 12.3. The number of hydroxylamine groups is 1. The van der Waals surface area contributed by atoms with Crippen LogP contribution in [0, 0.1) is 0 Å². The lowest BCUT2D eigenvalue weighted by Crippen LogP contribution is -2.14. The molecule has 0 saturated carbocycles. The smallest absolute Gasteiger partial charge is 0.255 e. The molecule has 0 aliphatic rings. The van der Waals surface area contributed by atoms with Gasteiger partial charge in [0, 0.05) is 11.3 Å². The van der Waals surface area contributed by atoms with E-state index < -0.39 is 0 Å². The fraction of sp³-hybridized carbons (Fsp3) is 0.250. The summed E-state index contributed by atoms with van der Waals surface area (Å²) < 4.78 is 0. The molecule has 0 unspecified atom stereocenters. The molecular formula is C20H24N2O2. The largest absolute Gasteiger partial charge is 0.322 e. The van der Waals surface area contributed by atoms with Gasteiger partial charge in [-0.3, -0.25) is 15.1 Å². The van der Waals surface area contributed by atoms with Gasteiger partial charge in [0.2, 0.25) is 0 Å². The van der Waals surface area contributed by atoms with Crippen LogP contribution in [0.25, 0.3) is 5.70 Å². The minimum atomic E-state index is -0.143. The Bertz CT molecular complexity index is 711. The molecule has 126 valence electrons. The van der Waals surface area contributed by atoms with Crippen molar-refractivity contribution < 1.29 is 9.63 Å². The van der Waals surface area contributed by atoms with Crippen molar-refractivity contribution in [1.29, 1.82) is 0 Å². The number of hydrogen-bond acceptors (Lipinski definition) is 3. The topological polar surface area (TPSA) is 50.4 Å². The summed E-state index contributed by atoms with van der Waals surface area (Å²) in [5.41, 5.74) is 6.87. The Morgan fingerprint density at radius 3 is 2.00 bits per heavy atom. The number of hydrogen-bond donors (Lipinski definition) is 2. The minimum absolute atomic E-state index is 0.0943. The lowest BCUT2D eigenvalue weighted by molar-refractivity contribution is 0.102. The second-order valence-electron chi connectivity index (χ2n) is 6.64. The van der Waals surface area contributed by atoms with Crippen LogP contribution in [0.4, 0.5) is 5.69 Å². The van der Waals surface area contributed by atoms with E-state index in [1.54, 1.807) is 12.1 Å². The number of amides is 1. The van der Waals surface area contributed by atoms with E-state index in [9.17, 15) is 4.79 Å². The molecule has 0 aliphatic carbocycles. The average Bonchev–Trinajstić information content (AvgIpc) is 2.55. The molecule has 0 radical (unpaired) electrons. The summed E-state index contributed by atoms with van der Waals surface area (Å²) in [6.45, 7) is 10.3. The Morgan fingerprint density at radius 2 is 1.50 bits per heavy atom. The van der Waals surface area contributed by atoms with Gasteiger partial charge in [0.15, 0.2) is 0 Å². The van der Waals surface area contributed by atoms with E-state index in [4.69, 9.17) is 4.84 Å². The van der Waals surface area contributed by atoms with Crippen molar-refractivity contribution in [1.82, 2.24) is 5.48 Å². The molecule has 1 amide bonds. The number of nitrogens with one attached hydrogen (secondary N) is 2. The Hall–Kier alpha value is -2.59. The van der Waals surface area contributed by atoms with Crippen molar-refractivity contribution in [2.45, 2.75) is 26.2 Å². The van der Waals surface area contributed by atoms with Crippen LogP contribution in [0.2, 0.25) is 0 Å². The quantitative estimate of drug-likeness (QED) is 0.804. The first-order chi connectivity index (χ1) is 11.3. The lowest BCUT2D eigenvalue weighted by Gasteiger charge is -2.19. The maximum atomic E-state index is 12.3. The van der Waals surface area contributed by atoms with Crippen LogP contribution in [0.15, 0.2) is 55.1 Å². The van der Waals surface area contributed by atoms with Crippen molar-refractivity contribution in [2.24, 2.45) is 0 Å². The second kappa shape index (κ2) is 7.32. The van der Waals surface area contributed by atoms with Crippen LogP contribution in [0.1, 0.15) is 42.3 Å². The number of carbonyl (C=O) groups is 1. The van der Waals surface area contributed by atoms with Crippen LogP contribution < -0.4 is 10.8 Å². The summed E-state index contributed by atoms with van der Waals surface area (Å²) in [7, 11) is 1.53. The highest BCUT2D eigenvalue weighted by molar-refractivity contribution is 6.04. The molecule has 0 spiro atoms. The van der Waals surface area contributed by atoms with Crippen molar-refractivity contribution in [3.63, 3.8) is 0 Å². The first-order valence-electron chi connectivity index (χ1n) is 7.81. The molecule has 0 aliphatic heterocycles. The summed E-state index contributed by atoms with van der Waals surface area (Å²) in [4.78, 5) is 17.1. The van der Waals surface area contributed by atoms with Crippen LogP contribution in [-0.4, -0.2) is 13.0 Å². The zero-order chi connectivity index (χ0) is 17.7. The highest BCUT2D eigenvalue weighted by Gasteiger charge is 2.13. The highest BCUT2D eigenvalue weighted by atomic mass is 16.6. The first-order valence-corrected chi connectivity index (χ1v) is 7.81. The molecular weight excluding hydrogens is 300 g/mol. The van der Waals surface area contributed by atoms with E-state index in [0.717, 1.165) is 11.3 Å². The molecule has 0 aromatic heterocycles. The van der Waals surface area contributed by atoms with E-state index >= 15 is 0 Å². The third kappa shape index (κ3) is 4.46. The summed E-state index contributed by atoms with van der Waals surface area (Å²) in [5, 5.41) is 2.91. The summed E-state index contributed by atoms with van der Waals surface area (Å²) in [5.74, 6) is -0.143. The van der Waals surface area contributed by atoms with Crippen LogP contribution in [-0.2, 0) is 10.3 Å². The van der Waals surface area contributed by atoms with Crippen LogP contribution in [0.3, 0.4) is 0 Å². The third-order valence-electron chi connectivity index (χ3n) is 3.73. The number of benzene rings is 2. The van der Waals surface area contributed by atoms with Crippen LogP contribution in [0.5, 0.6) is 0 Å². The van der Waals surface area contributed by atoms with E-state index in [-0.39, 0.29) is 11.3 Å². The Labute approximate surface area is 143 Å². The maximum Gasteiger partial charge on any atom is 0.255 e. The zero-order valence-electron chi connectivity index (χ0n) is 14.6. The predicted molar refractivity (Wildman–Crippen MR) is 98.7 cm³/mol. The van der Waals surface area contributed by atoms with Gasteiger partial charge >= 0.3 is 0 Å². The Balaban J connectivity index is 2.05. The number of anilines is 1. The summed E-state index contributed by atoms with van der Waals surface area (Å²) in [6.07, 6.45) is 0. The van der Waals surface area contributed by atoms with Gasteiger partial charge in [0.25, 0.3) is 5.91 Å². The number of rotatable bonds is 5. The van der Waals surface area contributed by atoms with Gasteiger partial charge in [0.05, 0.1) is 12.8 Å². The van der Waals surface area contributed by atoms with Gasteiger partial charge in [-0.1, -0.05) is 51.6 Å². The Morgan fingerprint density at radius 1 is 0.958 bits per heavy atom. The van der Waals surface area contributed by atoms with Crippen molar-refractivity contribution in [3.05, 3.63) is 71.8 Å². The molecule has 2 aromatic carbocycles. The molecule has 4 heteroatoms. The van der Waals surface area contributed by atoms with Crippen molar-refractivity contribution in [3.8, 4) is 0 Å². The predicted octanol–water partition coefficient (Wildman–Crippen LogP) is 4.36. The van der Waals surface area contributed by atoms with Gasteiger partial charge in [-0.25, -0.2) is 0 Å². The molecule has 0 atom stereocenters. The van der Waals surface area contributed by atoms with Gasteiger partial charge in [-0.2, -0.15) is 0 Å². The highest BCUT2D eigenvalue weighted by Crippen LogP contribution is 2.23. The molecule has 0 saturated heterocycles. The molecule has 2 rings (SSSR count). The first kappa shape index (κ1) is 17.8.